The van der Waals surface area contributed by atoms with Crippen LogP contribution in [0.2, 0.25) is 0 Å². The van der Waals surface area contributed by atoms with Crippen molar-refractivity contribution in [3.8, 4) is 0 Å². The summed E-state index contributed by atoms with van der Waals surface area (Å²) in [5.74, 6) is 0.677. The van der Waals surface area contributed by atoms with Crippen LogP contribution in [0.1, 0.15) is 51.4 Å². The van der Waals surface area contributed by atoms with Crippen molar-refractivity contribution in [3.05, 3.63) is 4.91 Å². The van der Waals surface area contributed by atoms with E-state index in [9.17, 15) is 4.91 Å². The van der Waals surface area contributed by atoms with E-state index in [1.165, 1.54) is 51.4 Å². The van der Waals surface area contributed by atoms with Crippen LogP contribution in [0.5, 0.6) is 0 Å². The van der Waals surface area contributed by atoms with Gasteiger partial charge in [-0.05, 0) is 18.8 Å². The van der Waals surface area contributed by atoms with Crippen molar-refractivity contribution < 1.29 is 0 Å². The van der Waals surface area contributed by atoms with Gasteiger partial charge in [0.2, 0.25) is 0 Å². The third-order valence-corrected chi connectivity index (χ3v) is 2.92. The van der Waals surface area contributed by atoms with E-state index in [2.05, 4.69) is 10.7 Å². The lowest BCUT2D eigenvalue weighted by molar-refractivity contribution is 0.404. The lowest BCUT2D eigenvalue weighted by Gasteiger charge is -2.13. The minimum absolute atomic E-state index is 0.677. The fourth-order valence-electron chi connectivity index (χ4n) is 2.09. The van der Waals surface area contributed by atoms with Crippen molar-refractivity contribution in [2.75, 3.05) is 6.54 Å². The second kappa shape index (κ2) is 6.87. The van der Waals surface area contributed by atoms with Gasteiger partial charge in [0.15, 0.2) is 0 Å². The Hall–Kier alpha value is -0.600. The van der Waals surface area contributed by atoms with Crippen LogP contribution in [0.4, 0.5) is 0 Å². The van der Waals surface area contributed by atoms with E-state index in [1.807, 2.05) is 0 Å². The fraction of sp³-hybridized carbons (Fsp3) is 1.00. The maximum absolute atomic E-state index is 9.91. The highest BCUT2D eigenvalue weighted by Gasteiger charge is 2.09. The van der Waals surface area contributed by atoms with Crippen LogP contribution in [-0.4, -0.2) is 6.54 Å². The van der Waals surface area contributed by atoms with E-state index < -0.39 is 0 Å². The molecule has 0 heterocycles. The molecule has 0 spiro atoms. The number of nitroso groups, excluding NO2 is 1. The summed E-state index contributed by atoms with van der Waals surface area (Å²) in [5.41, 5.74) is 2.56. The zero-order valence-electron chi connectivity index (χ0n) is 8.30. The van der Waals surface area contributed by atoms with Crippen molar-refractivity contribution in [2.24, 2.45) is 11.2 Å². The van der Waals surface area contributed by atoms with Crippen LogP contribution in [0.3, 0.4) is 0 Å². The highest BCUT2D eigenvalue weighted by molar-refractivity contribution is 4.64. The Morgan fingerprint density at radius 2 is 1.54 bits per heavy atom. The zero-order chi connectivity index (χ0) is 9.36. The van der Waals surface area contributed by atoms with Gasteiger partial charge in [-0.15, -0.1) is 4.91 Å². The number of rotatable bonds is 3. The molecule has 0 aromatic heterocycles. The predicted molar refractivity (Wildman–Crippen MR) is 54.2 cm³/mol. The Kier molecular flexibility index (Phi) is 5.54. The summed E-state index contributed by atoms with van der Waals surface area (Å²) < 4.78 is 0. The third-order valence-electron chi connectivity index (χ3n) is 2.92. The van der Waals surface area contributed by atoms with Crippen molar-refractivity contribution >= 4 is 0 Å². The third kappa shape index (κ3) is 4.86. The Morgan fingerprint density at radius 3 is 2.08 bits per heavy atom. The van der Waals surface area contributed by atoms with Gasteiger partial charge in [-0.3, -0.25) is 5.43 Å². The molecular weight excluding hydrogens is 164 g/mol. The quantitative estimate of drug-likeness (QED) is 0.541. The molecule has 0 saturated heterocycles. The maximum Gasteiger partial charge on any atom is 0.0496 e. The van der Waals surface area contributed by atoms with Crippen molar-refractivity contribution in [1.82, 2.24) is 5.43 Å². The van der Waals surface area contributed by atoms with Crippen LogP contribution >= 0.6 is 0 Å². The van der Waals surface area contributed by atoms with Gasteiger partial charge < -0.3 is 0 Å². The molecule has 3 heteroatoms. The molecule has 1 fully saturated rings. The molecule has 1 saturated carbocycles. The number of nitrogens with one attached hydrogen (secondary N) is 1. The summed E-state index contributed by atoms with van der Waals surface area (Å²) in [6.45, 7) is 0.781. The molecule has 0 unspecified atom stereocenters. The highest BCUT2D eigenvalue weighted by atomic mass is 16.3. The first-order valence-corrected chi connectivity index (χ1v) is 5.48. The summed E-state index contributed by atoms with van der Waals surface area (Å²) in [4.78, 5) is 9.91. The first-order chi connectivity index (χ1) is 6.43. The summed E-state index contributed by atoms with van der Waals surface area (Å²) in [5, 5.41) is 2.71. The Bertz CT molecular complexity index is 129. The highest BCUT2D eigenvalue weighted by Crippen LogP contribution is 2.21. The van der Waals surface area contributed by atoms with E-state index in [4.69, 9.17) is 0 Å². The number of hydrogen-bond donors (Lipinski definition) is 1. The van der Waals surface area contributed by atoms with E-state index in [-0.39, 0.29) is 0 Å². The van der Waals surface area contributed by atoms with Crippen LogP contribution in [0.15, 0.2) is 5.29 Å². The van der Waals surface area contributed by atoms with Gasteiger partial charge in [0, 0.05) is 11.8 Å². The first-order valence-electron chi connectivity index (χ1n) is 5.48. The predicted octanol–water partition coefficient (Wildman–Crippen LogP) is 3.01. The maximum atomic E-state index is 9.91. The normalized spacial score (nSPS) is 21.2. The van der Waals surface area contributed by atoms with Crippen molar-refractivity contribution in [1.29, 1.82) is 0 Å². The van der Waals surface area contributed by atoms with Gasteiger partial charge in [-0.2, -0.15) is 0 Å². The van der Waals surface area contributed by atoms with Crippen LogP contribution in [-0.2, 0) is 0 Å². The van der Waals surface area contributed by atoms with Gasteiger partial charge in [0.25, 0.3) is 0 Å². The van der Waals surface area contributed by atoms with Gasteiger partial charge >= 0.3 is 0 Å². The Balaban J connectivity index is 2.19. The second-order valence-corrected chi connectivity index (χ2v) is 4.02. The molecule has 0 atom stereocenters. The molecule has 0 radical (unpaired) electrons. The molecular formula is C10H20N2O. The Labute approximate surface area is 80.2 Å². The summed E-state index contributed by atoms with van der Waals surface area (Å²) >= 11 is 0. The minimum Gasteiger partial charge on any atom is -0.274 e. The molecule has 1 N–H and O–H groups in total. The fourth-order valence-corrected chi connectivity index (χ4v) is 2.09. The SMILES string of the molecule is O=NNCC1CCCCCCCC1. The lowest BCUT2D eigenvalue weighted by atomic mass is 9.97. The van der Waals surface area contributed by atoms with E-state index in [0.29, 0.717) is 5.92 Å². The van der Waals surface area contributed by atoms with Gasteiger partial charge in [0.1, 0.15) is 0 Å². The van der Waals surface area contributed by atoms with Crippen LogP contribution < -0.4 is 5.43 Å². The number of hydrogen-bond acceptors (Lipinski definition) is 2. The molecule has 1 rings (SSSR count). The molecule has 1 aliphatic carbocycles. The largest absolute Gasteiger partial charge is 0.274 e. The van der Waals surface area contributed by atoms with Crippen LogP contribution in [0.25, 0.3) is 0 Å². The number of nitrogens with zero attached hydrogens (tertiary/aromatic N) is 1. The molecule has 0 aliphatic heterocycles. The Morgan fingerprint density at radius 1 is 1.00 bits per heavy atom. The summed E-state index contributed by atoms with van der Waals surface area (Å²) in [6.07, 6.45) is 10.7. The molecule has 13 heavy (non-hydrogen) atoms. The lowest BCUT2D eigenvalue weighted by Crippen LogP contribution is -2.17. The first kappa shape index (κ1) is 10.5. The second-order valence-electron chi connectivity index (χ2n) is 4.02. The molecule has 0 bridgehead atoms. The van der Waals surface area contributed by atoms with Gasteiger partial charge in [-0.1, -0.05) is 38.5 Å². The van der Waals surface area contributed by atoms with E-state index in [1.54, 1.807) is 0 Å². The smallest absolute Gasteiger partial charge is 0.0496 e. The van der Waals surface area contributed by atoms with Crippen LogP contribution in [0, 0.1) is 10.8 Å². The average Bonchev–Trinajstić information content (AvgIpc) is 2.28. The monoisotopic (exact) mass is 184 g/mol. The molecule has 0 amide bonds. The molecule has 3 nitrogen and oxygen atoms in total. The van der Waals surface area contributed by atoms with Crippen molar-refractivity contribution in [3.63, 3.8) is 0 Å². The summed E-state index contributed by atoms with van der Waals surface area (Å²) in [6, 6.07) is 0. The van der Waals surface area contributed by atoms with Crippen molar-refractivity contribution in [2.45, 2.75) is 51.4 Å². The molecule has 76 valence electrons. The minimum atomic E-state index is 0.677. The molecule has 0 aromatic rings. The summed E-state index contributed by atoms with van der Waals surface area (Å²) in [7, 11) is 0. The zero-order valence-corrected chi connectivity index (χ0v) is 8.30. The van der Waals surface area contributed by atoms with E-state index >= 15 is 0 Å². The molecule has 0 aromatic carbocycles. The molecule has 1 aliphatic rings. The van der Waals surface area contributed by atoms with E-state index in [0.717, 1.165) is 6.54 Å². The van der Waals surface area contributed by atoms with Gasteiger partial charge in [-0.25, -0.2) is 0 Å². The van der Waals surface area contributed by atoms with Gasteiger partial charge in [0.05, 0.1) is 0 Å². The standard InChI is InChI=1S/C10H20N2O/c13-12-11-9-10-7-5-3-1-2-4-6-8-10/h10H,1-9H2,(H,11,13). The topological polar surface area (TPSA) is 41.5 Å². The average molecular weight is 184 g/mol.